The predicted molar refractivity (Wildman–Crippen MR) is 104 cm³/mol. The molecule has 0 aromatic rings. The third-order valence-corrected chi connectivity index (χ3v) is 5.85. The second kappa shape index (κ2) is 8.91. The molecule has 4 nitrogen and oxygen atoms in total. The van der Waals surface area contributed by atoms with Crippen LogP contribution in [-0.4, -0.2) is 54.7 Å². The summed E-state index contributed by atoms with van der Waals surface area (Å²) in [7, 11) is 0. The Labute approximate surface area is 153 Å². The Balaban J connectivity index is 1.50. The predicted octanol–water partition coefficient (Wildman–Crippen LogP) is 3.27. The number of hydrogen-bond acceptors (Lipinski definition) is 4. The van der Waals surface area contributed by atoms with E-state index in [1.165, 1.54) is 38.5 Å². The highest BCUT2D eigenvalue weighted by Gasteiger charge is 2.28. The van der Waals surface area contributed by atoms with Gasteiger partial charge in [-0.2, -0.15) is 0 Å². The first-order valence-electron chi connectivity index (χ1n) is 10.1. The topological polar surface area (TPSA) is 41.7 Å². The van der Waals surface area contributed by atoms with Crippen molar-refractivity contribution in [2.75, 3.05) is 32.8 Å². The lowest BCUT2D eigenvalue weighted by Gasteiger charge is -2.42. The van der Waals surface area contributed by atoms with Crippen LogP contribution in [-0.2, 0) is 4.74 Å². The molecule has 25 heavy (non-hydrogen) atoms. The maximum Gasteiger partial charge on any atom is 0.141 e. The number of nitrogens with two attached hydrogens (primary N) is 1. The summed E-state index contributed by atoms with van der Waals surface area (Å²) in [5, 5.41) is 0. The Kier molecular flexibility index (Phi) is 6.60. The molecule has 0 amide bonds. The number of piperazine rings is 1. The van der Waals surface area contributed by atoms with E-state index in [0.29, 0.717) is 6.04 Å². The molecule has 2 aliphatic carbocycles. The number of ether oxygens (including phenoxy) is 1. The van der Waals surface area contributed by atoms with Crippen LogP contribution in [0.25, 0.3) is 0 Å². The first-order chi connectivity index (χ1) is 12.2. The van der Waals surface area contributed by atoms with Gasteiger partial charge in [0, 0.05) is 38.3 Å². The van der Waals surface area contributed by atoms with Crippen LogP contribution in [0.5, 0.6) is 0 Å². The Hall–Kier alpha value is -1.26. The molecule has 3 aliphatic rings. The van der Waals surface area contributed by atoms with Crippen molar-refractivity contribution in [3.63, 3.8) is 0 Å². The SMILES string of the molecule is C=C(/C(=C\C=C/C)OCC1CC1)N1CCN(C2CCC(N)CC2)CC1. The summed E-state index contributed by atoms with van der Waals surface area (Å²) >= 11 is 0. The Bertz CT molecular complexity index is 493. The fourth-order valence-corrected chi connectivity index (χ4v) is 3.88. The molecule has 2 N–H and O–H groups in total. The second-order valence-corrected chi connectivity index (χ2v) is 7.85. The van der Waals surface area contributed by atoms with Gasteiger partial charge in [-0.3, -0.25) is 4.90 Å². The van der Waals surface area contributed by atoms with Crippen LogP contribution in [0.4, 0.5) is 0 Å². The normalized spacial score (nSPS) is 29.2. The van der Waals surface area contributed by atoms with E-state index in [-0.39, 0.29) is 0 Å². The molecule has 3 fully saturated rings. The highest BCUT2D eigenvalue weighted by molar-refractivity contribution is 5.26. The monoisotopic (exact) mass is 345 g/mol. The molecule has 1 saturated heterocycles. The zero-order valence-electron chi connectivity index (χ0n) is 15.8. The molecular weight excluding hydrogens is 310 g/mol. The van der Waals surface area contributed by atoms with Gasteiger partial charge in [-0.05, 0) is 57.4 Å². The first kappa shape index (κ1) is 18.5. The summed E-state index contributed by atoms with van der Waals surface area (Å²) in [6, 6.07) is 1.17. The lowest BCUT2D eigenvalue weighted by Crippen LogP contribution is -2.51. The first-order valence-corrected chi connectivity index (χ1v) is 10.1. The fourth-order valence-electron chi connectivity index (χ4n) is 3.88. The van der Waals surface area contributed by atoms with E-state index in [2.05, 4.69) is 28.5 Å². The number of hydrogen-bond donors (Lipinski definition) is 1. The van der Waals surface area contributed by atoms with E-state index in [0.717, 1.165) is 56.2 Å². The second-order valence-electron chi connectivity index (χ2n) is 7.85. The summed E-state index contributed by atoms with van der Waals surface area (Å²) in [4.78, 5) is 5.06. The van der Waals surface area contributed by atoms with Crippen molar-refractivity contribution in [1.82, 2.24) is 9.80 Å². The minimum absolute atomic E-state index is 0.431. The molecule has 0 radical (unpaired) electrons. The quantitative estimate of drug-likeness (QED) is 0.568. The molecule has 4 heteroatoms. The summed E-state index contributed by atoms with van der Waals surface area (Å²) in [5.41, 5.74) is 7.10. The molecule has 1 aliphatic heterocycles. The lowest BCUT2D eigenvalue weighted by atomic mass is 9.90. The zero-order valence-corrected chi connectivity index (χ0v) is 15.8. The molecule has 1 heterocycles. The van der Waals surface area contributed by atoms with Gasteiger partial charge in [-0.1, -0.05) is 18.7 Å². The van der Waals surface area contributed by atoms with Gasteiger partial charge in [0.25, 0.3) is 0 Å². The van der Waals surface area contributed by atoms with E-state index in [1.54, 1.807) is 0 Å². The van der Waals surface area contributed by atoms with Crippen LogP contribution < -0.4 is 5.73 Å². The zero-order chi connectivity index (χ0) is 17.6. The number of rotatable bonds is 7. The maximum absolute atomic E-state index is 6.08. The van der Waals surface area contributed by atoms with Gasteiger partial charge < -0.3 is 15.4 Å². The molecule has 2 saturated carbocycles. The van der Waals surface area contributed by atoms with Gasteiger partial charge in [0.2, 0.25) is 0 Å². The van der Waals surface area contributed by atoms with Crippen LogP contribution in [0.15, 0.2) is 36.3 Å². The van der Waals surface area contributed by atoms with E-state index in [4.69, 9.17) is 10.5 Å². The number of allylic oxidation sites excluding steroid dienone is 3. The summed E-state index contributed by atoms with van der Waals surface area (Å²) in [6.45, 7) is 11.5. The van der Waals surface area contributed by atoms with E-state index in [1.807, 2.05) is 13.0 Å². The molecule has 3 rings (SSSR count). The van der Waals surface area contributed by atoms with Crippen molar-refractivity contribution in [1.29, 1.82) is 0 Å². The molecule has 0 spiro atoms. The van der Waals surface area contributed by atoms with E-state index < -0.39 is 0 Å². The molecule has 140 valence electrons. The van der Waals surface area contributed by atoms with Crippen molar-refractivity contribution in [2.45, 2.75) is 57.5 Å². The Morgan fingerprint density at radius 3 is 2.36 bits per heavy atom. The molecular formula is C21H35N3O. The van der Waals surface area contributed by atoms with Gasteiger partial charge in [-0.15, -0.1) is 0 Å². The van der Waals surface area contributed by atoms with Gasteiger partial charge in [0.1, 0.15) is 5.76 Å². The van der Waals surface area contributed by atoms with Crippen LogP contribution >= 0.6 is 0 Å². The average molecular weight is 346 g/mol. The highest BCUT2D eigenvalue weighted by atomic mass is 16.5. The highest BCUT2D eigenvalue weighted by Crippen LogP contribution is 2.31. The molecule has 0 atom stereocenters. The van der Waals surface area contributed by atoms with Crippen LogP contribution in [0.3, 0.4) is 0 Å². The minimum Gasteiger partial charge on any atom is -0.491 e. The molecule has 0 aromatic carbocycles. The molecule has 0 aromatic heterocycles. The summed E-state index contributed by atoms with van der Waals surface area (Å²) in [6.07, 6.45) is 13.7. The largest absolute Gasteiger partial charge is 0.491 e. The smallest absolute Gasteiger partial charge is 0.141 e. The van der Waals surface area contributed by atoms with Crippen LogP contribution in [0.1, 0.15) is 45.4 Å². The number of nitrogens with zero attached hydrogens (tertiary/aromatic N) is 2. The minimum atomic E-state index is 0.431. The van der Waals surface area contributed by atoms with E-state index in [9.17, 15) is 0 Å². The van der Waals surface area contributed by atoms with Crippen molar-refractivity contribution >= 4 is 0 Å². The maximum atomic E-state index is 6.08. The third kappa shape index (κ3) is 5.35. The Morgan fingerprint density at radius 1 is 1.08 bits per heavy atom. The fraction of sp³-hybridized carbons (Fsp3) is 0.714. The Morgan fingerprint density at radius 2 is 1.76 bits per heavy atom. The van der Waals surface area contributed by atoms with Crippen molar-refractivity contribution in [2.24, 2.45) is 11.7 Å². The van der Waals surface area contributed by atoms with Crippen LogP contribution in [0, 0.1) is 5.92 Å². The average Bonchev–Trinajstić information content (AvgIpc) is 3.47. The summed E-state index contributed by atoms with van der Waals surface area (Å²) in [5.74, 6) is 1.71. The molecule has 0 unspecified atom stereocenters. The van der Waals surface area contributed by atoms with Crippen LogP contribution in [0.2, 0.25) is 0 Å². The van der Waals surface area contributed by atoms with Gasteiger partial charge in [0.05, 0.1) is 12.3 Å². The van der Waals surface area contributed by atoms with Crippen molar-refractivity contribution < 1.29 is 4.74 Å². The van der Waals surface area contributed by atoms with Gasteiger partial charge in [0.15, 0.2) is 0 Å². The summed E-state index contributed by atoms with van der Waals surface area (Å²) < 4.78 is 6.08. The van der Waals surface area contributed by atoms with E-state index >= 15 is 0 Å². The van der Waals surface area contributed by atoms with Gasteiger partial charge >= 0.3 is 0 Å². The van der Waals surface area contributed by atoms with Gasteiger partial charge in [-0.25, -0.2) is 0 Å². The van der Waals surface area contributed by atoms with Crippen molar-refractivity contribution in [3.8, 4) is 0 Å². The lowest BCUT2D eigenvalue weighted by molar-refractivity contribution is 0.0860. The van der Waals surface area contributed by atoms with Crippen molar-refractivity contribution in [3.05, 3.63) is 36.3 Å². The third-order valence-electron chi connectivity index (χ3n) is 5.85. The standard InChI is InChI=1S/C21H35N3O/c1-3-4-5-21(25-16-18-6-7-18)17(2)23-12-14-24(15-13-23)20-10-8-19(22)9-11-20/h3-5,18-20H,2,6-16,22H2,1H3/b4-3-,21-5+. The molecule has 0 bridgehead atoms.